The number of carbonyl (C=O) groups excluding carboxylic acids is 3. The topological polar surface area (TPSA) is 221 Å². The molecule has 3 saturated heterocycles. The van der Waals surface area contributed by atoms with Crippen molar-refractivity contribution in [3.8, 4) is 23.0 Å². The number of aliphatic carboxylic acids is 1. The summed E-state index contributed by atoms with van der Waals surface area (Å²) in [6.45, 7) is 2.70. The summed E-state index contributed by atoms with van der Waals surface area (Å²) < 4.78 is 58.5. The average Bonchev–Trinajstić information content (AvgIpc) is 3.78. The maximum absolute atomic E-state index is 13.8. The van der Waals surface area contributed by atoms with Crippen LogP contribution in [-0.4, -0.2) is 103 Å². The van der Waals surface area contributed by atoms with E-state index in [4.69, 9.17) is 52.5 Å². The van der Waals surface area contributed by atoms with Crippen molar-refractivity contribution in [3.05, 3.63) is 46.5 Å². The number of methoxy groups -OCH3 is 1. The van der Waals surface area contributed by atoms with Gasteiger partial charge in [-0.25, -0.2) is 0 Å². The zero-order chi connectivity index (χ0) is 38.3. The first-order valence-corrected chi connectivity index (χ1v) is 17.8. The molecular formula is C37H42O17. The van der Waals surface area contributed by atoms with Crippen LogP contribution < -0.4 is 18.9 Å². The van der Waals surface area contributed by atoms with Crippen LogP contribution in [0.1, 0.15) is 73.8 Å². The van der Waals surface area contributed by atoms with Crippen molar-refractivity contribution < 1.29 is 81.9 Å². The number of aliphatic hydroxyl groups is 2. The molecule has 0 spiro atoms. The highest BCUT2D eigenvalue weighted by Crippen LogP contribution is 2.56. The average molecular weight is 759 g/mol. The Labute approximate surface area is 309 Å². The van der Waals surface area contributed by atoms with Gasteiger partial charge < -0.3 is 62.7 Å². The van der Waals surface area contributed by atoms with Crippen LogP contribution in [0.4, 0.5) is 0 Å². The maximum Gasteiger partial charge on any atom is 0.311 e. The SMILES string of the molecule is CCC(=O)Oc1c(CO)cc([C@@H]2c3cc4c(cc3[C@@H](OC3OC5COC(C)OC5C(O)C3OC(=O)CCCC(=O)O)[C@H]3COC(=O)[C@H]23)OCO4)cc1OC. The van der Waals surface area contributed by atoms with Crippen molar-refractivity contribution in [2.45, 2.75) is 95.2 Å². The molecule has 3 fully saturated rings. The van der Waals surface area contributed by atoms with E-state index in [1.54, 1.807) is 38.1 Å². The number of carboxylic acid groups (broad SMARTS) is 1. The number of rotatable bonds is 12. The minimum Gasteiger partial charge on any atom is -0.493 e. The van der Waals surface area contributed by atoms with Crippen LogP contribution in [0.15, 0.2) is 24.3 Å². The highest BCUT2D eigenvalue weighted by molar-refractivity contribution is 5.79. The van der Waals surface area contributed by atoms with Crippen molar-refractivity contribution in [2.24, 2.45) is 11.8 Å². The van der Waals surface area contributed by atoms with E-state index in [0.29, 0.717) is 28.2 Å². The highest BCUT2D eigenvalue weighted by Gasteiger charge is 2.57. The fourth-order valence-corrected chi connectivity index (χ4v) is 7.78. The summed E-state index contributed by atoms with van der Waals surface area (Å²) in [5, 5.41) is 31.0. The number of fused-ring (bicyclic) bond motifs is 4. The van der Waals surface area contributed by atoms with E-state index in [0.717, 1.165) is 0 Å². The monoisotopic (exact) mass is 758 g/mol. The molecule has 1 aliphatic carbocycles. The van der Waals surface area contributed by atoms with Crippen molar-refractivity contribution in [3.63, 3.8) is 0 Å². The van der Waals surface area contributed by atoms with Crippen molar-refractivity contribution in [2.75, 3.05) is 27.1 Å². The van der Waals surface area contributed by atoms with Crippen LogP contribution >= 0.6 is 0 Å². The minimum absolute atomic E-state index is 0.00929. The molecule has 0 radical (unpaired) electrons. The molecule has 10 atom stereocenters. The highest BCUT2D eigenvalue weighted by atomic mass is 16.8. The summed E-state index contributed by atoms with van der Waals surface area (Å²) in [4.78, 5) is 50.1. The van der Waals surface area contributed by atoms with Crippen LogP contribution in [-0.2, 0) is 54.2 Å². The molecule has 17 heteroatoms. The van der Waals surface area contributed by atoms with Gasteiger partial charge in [-0.2, -0.15) is 0 Å². The second-order valence-electron chi connectivity index (χ2n) is 13.6. The van der Waals surface area contributed by atoms with Gasteiger partial charge in [0.15, 0.2) is 41.7 Å². The van der Waals surface area contributed by atoms with E-state index in [9.17, 15) is 29.4 Å². The summed E-state index contributed by atoms with van der Waals surface area (Å²) in [5.41, 5.74) is 1.95. The van der Waals surface area contributed by atoms with Crippen LogP contribution in [0.2, 0.25) is 0 Å². The lowest BCUT2D eigenvalue weighted by atomic mass is 9.66. The van der Waals surface area contributed by atoms with Gasteiger partial charge in [-0.1, -0.05) is 6.92 Å². The van der Waals surface area contributed by atoms with Gasteiger partial charge in [-0.3, -0.25) is 19.2 Å². The molecule has 2 aromatic carbocycles. The van der Waals surface area contributed by atoms with Crippen LogP contribution in [0.3, 0.4) is 0 Å². The first-order chi connectivity index (χ1) is 26.0. The van der Waals surface area contributed by atoms with Gasteiger partial charge in [0.2, 0.25) is 6.79 Å². The maximum atomic E-state index is 13.8. The lowest BCUT2D eigenvalue weighted by Gasteiger charge is -2.48. The molecule has 0 saturated carbocycles. The Balaban J connectivity index is 1.29. The van der Waals surface area contributed by atoms with Crippen LogP contribution in [0.25, 0.3) is 0 Å². The van der Waals surface area contributed by atoms with E-state index < -0.39 is 91.3 Å². The first kappa shape index (κ1) is 37.8. The molecule has 0 aromatic heterocycles. The van der Waals surface area contributed by atoms with Gasteiger partial charge in [0, 0.05) is 36.7 Å². The summed E-state index contributed by atoms with van der Waals surface area (Å²) >= 11 is 0. The third kappa shape index (κ3) is 7.19. The van der Waals surface area contributed by atoms with Gasteiger partial charge in [-0.05, 0) is 54.3 Å². The molecular weight excluding hydrogens is 716 g/mol. The molecule has 4 heterocycles. The lowest BCUT2D eigenvalue weighted by Crippen LogP contribution is -2.64. The number of benzene rings is 2. The van der Waals surface area contributed by atoms with E-state index in [-0.39, 0.29) is 62.8 Å². The molecule has 2 aromatic rings. The molecule has 54 heavy (non-hydrogen) atoms. The number of cyclic esters (lactones) is 1. The normalized spacial score (nSPS) is 30.7. The number of esters is 3. The minimum atomic E-state index is -1.43. The molecule has 7 rings (SSSR count). The summed E-state index contributed by atoms with van der Waals surface area (Å²) in [7, 11) is 1.40. The van der Waals surface area contributed by atoms with E-state index in [2.05, 4.69) is 0 Å². The zero-order valence-electron chi connectivity index (χ0n) is 29.8. The molecule has 3 N–H and O–H groups in total. The Bertz CT molecular complexity index is 1750. The van der Waals surface area contributed by atoms with Gasteiger partial charge in [0.05, 0.1) is 39.0 Å². The van der Waals surface area contributed by atoms with Crippen LogP contribution in [0.5, 0.6) is 23.0 Å². The molecule has 4 aliphatic heterocycles. The Hall–Kier alpha value is -4.52. The van der Waals surface area contributed by atoms with E-state index in [1.165, 1.54) is 7.11 Å². The molecule has 17 nitrogen and oxygen atoms in total. The predicted molar refractivity (Wildman–Crippen MR) is 177 cm³/mol. The van der Waals surface area contributed by atoms with Crippen molar-refractivity contribution >= 4 is 23.9 Å². The largest absolute Gasteiger partial charge is 0.493 e. The Morgan fingerprint density at radius 2 is 1.72 bits per heavy atom. The third-order valence-electron chi connectivity index (χ3n) is 10.3. The second kappa shape index (κ2) is 15.7. The van der Waals surface area contributed by atoms with Gasteiger partial charge in [0.25, 0.3) is 0 Å². The van der Waals surface area contributed by atoms with Crippen molar-refractivity contribution in [1.82, 2.24) is 0 Å². The van der Waals surface area contributed by atoms with Gasteiger partial charge in [0.1, 0.15) is 18.3 Å². The molecule has 292 valence electrons. The predicted octanol–water partition coefficient (Wildman–Crippen LogP) is 2.24. The number of carbonyl (C=O) groups is 4. The number of hydrogen-bond acceptors (Lipinski definition) is 16. The summed E-state index contributed by atoms with van der Waals surface area (Å²) in [6.07, 6.45) is -8.07. The van der Waals surface area contributed by atoms with E-state index >= 15 is 0 Å². The van der Waals surface area contributed by atoms with Crippen LogP contribution in [0, 0.1) is 11.8 Å². The second-order valence-corrected chi connectivity index (χ2v) is 13.6. The number of aliphatic hydroxyl groups excluding tert-OH is 2. The molecule has 5 aliphatic rings. The summed E-state index contributed by atoms with van der Waals surface area (Å²) in [5.74, 6) is -4.10. The zero-order valence-corrected chi connectivity index (χ0v) is 29.8. The molecule has 0 bridgehead atoms. The fraction of sp³-hybridized carbons (Fsp3) is 0.568. The quantitative estimate of drug-likeness (QED) is 0.209. The number of carboxylic acids is 1. The summed E-state index contributed by atoms with van der Waals surface area (Å²) in [6, 6.07) is 6.77. The first-order valence-electron chi connectivity index (χ1n) is 17.8. The fourth-order valence-electron chi connectivity index (χ4n) is 7.78. The number of ether oxygens (including phenoxy) is 10. The van der Waals surface area contributed by atoms with Crippen molar-refractivity contribution in [1.29, 1.82) is 0 Å². The third-order valence-corrected chi connectivity index (χ3v) is 10.3. The molecule has 0 amide bonds. The van der Waals surface area contributed by atoms with Gasteiger partial charge >= 0.3 is 23.9 Å². The smallest absolute Gasteiger partial charge is 0.311 e. The van der Waals surface area contributed by atoms with E-state index in [1.807, 2.05) is 0 Å². The molecule has 6 unspecified atom stereocenters. The van der Waals surface area contributed by atoms with Gasteiger partial charge in [-0.15, -0.1) is 0 Å². The number of hydrogen-bond donors (Lipinski definition) is 3. The Morgan fingerprint density at radius 3 is 2.43 bits per heavy atom. The lowest BCUT2D eigenvalue weighted by molar-refractivity contribution is -0.365. The Kier molecular flexibility index (Phi) is 11.0. The standard InChI is InChI=1S/C37H42O17/c1-4-27(41)52-32-18(12-38)8-17(9-24(32)45-3)29-19-10-22-23(49-15-48-22)11-20(19)33(21-13-47-36(44)30(21)29)54-37-35(53-28(42)7-5-6-26(39)40)31(43)34-25(51-37)14-46-16(2)50-34/h8-11,16,21,25,29-31,33-35,37-38,43H,4-7,12-15H2,1-3H3,(H,39,40)/t16?,21-,25?,29+,30-,31?,33+,34?,35?,37?/m0/s1. The Morgan fingerprint density at radius 1 is 0.963 bits per heavy atom.